The van der Waals surface area contributed by atoms with Crippen LogP contribution >= 0.6 is 0 Å². The SMILES string of the molecule is CCCCC(=O)CCCCCc1ccc(CC(=O)[C@@H](N)[C@@H](C)O)cc1. The van der Waals surface area contributed by atoms with E-state index in [1.807, 2.05) is 24.3 Å². The molecule has 0 amide bonds. The van der Waals surface area contributed by atoms with Crippen LogP contribution in [0.3, 0.4) is 0 Å². The lowest BCUT2D eigenvalue weighted by atomic mass is 9.99. The lowest BCUT2D eigenvalue weighted by molar-refractivity contribution is -0.121. The molecule has 0 unspecified atom stereocenters. The fourth-order valence-electron chi connectivity index (χ4n) is 2.74. The number of aliphatic hydroxyl groups is 1. The van der Waals surface area contributed by atoms with Gasteiger partial charge in [-0.25, -0.2) is 0 Å². The molecule has 2 atom stereocenters. The smallest absolute Gasteiger partial charge is 0.156 e. The number of hydrogen-bond donors (Lipinski definition) is 2. The molecule has 0 radical (unpaired) electrons. The number of rotatable bonds is 13. The standard InChI is InChI=1S/C21H33NO3/c1-3-4-9-19(24)10-7-5-6-8-17-11-13-18(14-12-17)15-20(25)21(22)16(2)23/h11-14,16,21,23H,3-10,15,22H2,1-2H3/t16-,21+/m1/s1. The molecule has 4 nitrogen and oxygen atoms in total. The monoisotopic (exact) mass is 347 g/mol. The molecule has 25 heavy (non-hydrogen) atoms. The Balaban J connectivity index is 2.26. The molecule has 0 bridgehead atoms. The minimum absolute atomic E-state index is 0.143. The summed E-state index contributed by atoms with van der Waals surface area (Å²) < 4.78 is 0. The van der Waals surface area contributed by atoms with Gasteiger partial charge in [0.25, 0.3) is 0 Å². The first-order chi connectivity index (χ1) is 11.9. The summed E-state index contributed by atoms with van der Waals surface area (Å²) in [5.41, 5.74) is 7.82. The highest BCUT2D eigenvalue weighted by Gasteiger charge is 2.18. The number of carbonyl (C=O) groups is 2. The predicted molar refractivity (Wildman–Crippen MR) is 102 cm³/mol. The van der Waals surface area contributed by atoms with Crippen LogP contribution in [0.2, 0.25) is 0 Å². The van der Waals surface area contributed by atoms with E-state index in [1.165, 1.54) is 12.5 Å². The minimum Gasteiger partial charge on any atom is -0.391 e. The van der Waals surface area contributed by atoms with E-state index in [1.54, 1.807) is 0 Å². The predicted octanol–water partition coefficient (Wildman–Crippen LogP) is 3.37. The largest absolute Gasteiger partial charge is 0.391 e. The molecule has 1 aromatic carbocycles. The van der Waals surface area contributed by atoms with Crippen LogP contribution in [0, 0.1) is 0 Å². The van der Waals surface area contributed by atoms with Crippen molar-refractivity contribution in [3.8, 4) is 0 Å². The van der Waals surface area contributed by atoms with Crippen LogP contribution in [0.25, 0.3) is 0 Å². The fourth-order valence-corrected chi connectivity index (χ4v) is 2.74. The quantitative estimate of drug-likeness (QED) is 0.536. The molecule has 0 aliphatic rings. The van der Waals surface area contributed by atoms with Gasteiger partial charge in [0.15, 0.2) is 5.78 Å². The van der Waals surface area contributed by atoms with Gasteiger partial charge in [0.05, 0.1) is 12.1 Å². The van der Waals surface area contributed by atoms with Crippen molar-refractivity contribution < 1.29 is 14.7 Å². The van der Waals surface area contributed by atoms with Gasteiger partial charge in [-0.3, -0.25) is 9.59 Å². The van der Waals surface area contributed by atoms with E-state index in [0.29, 0.717) is 12.2 Å². The third-order valence-electron chi connectivity index (χ3n) is 4.52. The molecule has 3 N–H and O–H groups in total. The van der Waals surface area contributed by atoms with Crippen molar-refractivity contribution in [1.82, 2.24) is 0 Å². The Hall–Kier alpha value is -1.52. The molecule has 0 spiro atoms. The number of ketones is 2. The number of hydrogen-bond acceptors (Lipinski definition) is 4. The Morgan fingerprint density at radius 1 is 1.00 bits per heavy atom. The summed E-state index contributed by atoms with van der Waals surface area (Å²) in [5.74, 6) is 0.252. The van der Waals surface area contributed by atoms with Crippen molar-refractivity contribution in [2.75, 3.05) is 0 Å². The molecule has 0 aliphatic heterocycles. The normalized spacial score (nSPS) is 13.4. The van der Waals surface area contributed by atoms with Gasteiger partial charge in [0, 0.05) is 19.3 Å². The molecule has 1 rings (SSSR count). The molecule has 140 valence electrons. The summed E-state index contributed by atoms with van der Waals surface area (Å²) >= 11 is 0. The number of nitrogens with two attached hydrogens (primary N) is 1. The van der Waals surface area contributed by atoms with Gasteiger partial charge in [0.2, 0.25) is 0 Å². The number of Topliss-reactive ketones (excluding diaryl/α,β-unsaturated/α-hetero) is 2. The minimum atomic E-state index is -0.820. The first-order valence-corrected chi connectivity index (χ1v) is 9.50. The summed E-state index contributed by atoms with van der Waals surface area (Å²) in [5, 5.41) is 9.36. The van der Waals surface area contributed by atoms with Crippen molar-refractivity contribution >= 4 is 11.6 Å². The maximum Gasteiger partial charge on any atom is 0.156 e. The molecular weight excluding hydrogens is 314 g/mol. The van der Waals surface area contributed by atoms with Crippen LogP contribution in [-0.2, 0) is 22.4 Å². The Morgan fingerprint density at radius 2 is 1.60 bits per heavy atom. The highest BCUT2D eigenvalue weighted by atomic mass is 16.3. The van der Waals surface area contributed by atoms with E-state index < -0.39 is 12.1 Å². The van der Waals surface area contributed by atoms with Crippen molar-refractivity contribution in [3.63, 3.8) is 0 Å². The van der Waals surface area contributed by atoms with Crippen molar-refractivity contribution in [2.45, 2.75) is 83.8 Å². The topological polar surface area (TPSA) is 80.4 Å². The van der Waals surface area contributed by atoms with Crippen LogP contribution in [0.5, 0.6) is 0 Å². The van der Waals surface area contributed by atoms with Gasteiger partial charge >= 0.3 is 0 Å². The second-order valence-corrected chi connectivity index (χ2v) is 6.93. The van der Waals surface area contributed by atoms with Crippen LogP contribution in [0.1, 0.15) is 69.9 Å². The molecule has 0 heterocycles. The van der Waals surface area contributed by atoms with Gasteiger partial charge in [-0.15, -0.1) is 0 Å². The van der Waals surface area contributed by atoms with E-state index in [9.17, 15) is 14.7 Å². The summed E-state index contributed by atoms with van der Waals surface area (Å²) in [4.78, 5) is 23.5. The second-order valence-electron chi connectivity index (χ2n) is 6.93. The summed E-state index contributed by atoms with van der Waals surface area (Å²) in [6.07, 6.45) is 7.09. The van der Waals surface area contributed by atoms with Crippen molar-refractivity contribution in [2.24, 2.45) is 5.73 Å². The first kappa shape index (κ1) is 21.5. The maximum atomic E-state index is 11.9. The molecule has 0 saturated carbocycles. The van der Waals surface area contributed by atoms with Crippen molar-refractivity contribution in [1.29, 1.82) is 0 Å². The van der Waals surface area contributed by atoms with Gasteiger partial charge in [0.1, 0.15) is 5.78 Å². The van der Waals surface area contributed by atoms with E-state index in [4.69, 9.17) is 5.73 Å². The number of benzene rings is 1. The van der Waals surface area contributed by atoms with E-state index in [2.05, 4.69) is 6.92 Å². The number of unbranched alkanes of at least 4 members (excludes halogenated alkanes) is 3. The zero-order valence-corrected chi connectivity index (χ0v) is 15.7. The van der Waals surface area contributed by atoms with Crippen LogP contribution in [0.15, 0.2) is 24.3 Å². The highest BCUT2D eigenvalue weighted by Crippen LogP contribution is 2.12. The van der Waals surface area contributed by atoms with Crippen LogP contribution in [-0.4, -0.2) is 28.8 Å². The fraction of sp³-hybridized carbons (Fsp3) is 0.619. The maximum absolute atomic E-state index is 11.9. The molecule has 0 aliphatic carbocycles. The third-order valence-corrected chi connectivity index (χ3v) is 4.52. The number of aliphatic hydroxyl groups excluding tert-OH is 1. The Labute approximate surface area is 151 Å². The van der Waals surface area contributed by atoms with E-state index in [-0.39, 0.29) is 12.2 Å². The highest BCUT2D eigenvalue weighted by molar-refractivity contribution is 5.86. The number of aryl methyl sites for hydroxylation is 1. The van der Waals surface area contributed by atoms with Crippen LogP contribution in [0.4, 0.5) is 0 Å². The number of carbonyl (C=O) groups excluding carboxylic acids is 2. The summed E-state index contributed by atoms with van der Waals surface area (Å²) in [7, 11) is 0. The lowest BCUT2D eigenvalue weighted by Gasteiger charge is -2.13. The molecule has 4 heteroatoms. The van der Waals surface area contributed by atoms with E-state index >= 15 is 0 Å². The molecule has 0 saturated heterocycles. The molecule has 1 aromatic rings. The van der Waals surface area contributed by atoms with Gasteiger partial charge in [-0.2, -0.15) is 0 Å². The second kappa shape index (κ2) is 11.9. The zero-order chi connectivity index (χ0) is 18.7. The molecular formula is C21H33NO3. The average molecular weight is 347 g/mol. The van der Waals surface area contributed by atoms with Gasteiger partial charge in [-0.05, 0) is 43.7 Å². The van der Waals surface area contributed by atoms with E-state index in [0.717, 1.165) is 50.5 Å². The zero-order valence-electron chi connectivity index (χ0n) is 15.7. The first-order valence-electron chi connectivity index (χ1n) is 9.50. The Morgan fingerprint density at radius 3 is 2.20 bits per heavy atom. The summed E-state index contributed by atoms with van der Waals surface area (Å²) in [6.45, 7) is 3.64. The van der Waals surface area contributed by atoms with Gasteiger partial charge in [-0.1, -0.05) is 44.0 Å². The van der Waals surface area contributed by atoms with Gasteiger partial charge < -0.3 is 10.8 Å². The van der Waals surface area contributed by atoms with Crippen LogP contribution < -0.4 is 5.73 Å². The molecule has 0 fully saturated rings. The lowest BCUT2D eigenvalue weighted by Crippen LogP contribution is -2.41. The summed E-state index contributed by atoms with van der Waals surface area (Å²) in [6, 6.07) is 7.18. The van der Waals surface area contributed by atoms with Crippen molar-refractivity contribution in [3.05, 3.63) is 35.4 Å². The average Bonchev–Trinajstić information content (AvgIpc) is 2.60. The Kier molecular flexibility index (Phi) is 10.3. The third kappa shape index (κ3) is 8.94. The molecule has 0 aromatic heterocycles. The Bertz CT molecular complexity index is 522.